The van der Waals surface area contributed by atoms with Gasteiger partial charge in [-0.15, -0.1) is 0 Å². The molecule has 0 aliphatic carbocycles. The highest BCUT2D eigenvalue weighted by molar-refractivity contribution is 5.79. The van der Waals surface area contributed by atoms with Crippen molar-refractivity contribution in [1.82, 2.24) is 25.2 Å². The number of aromatic nitrogens is 3. The van der Waals surface area contributed by atoms with Crippen LogP contribution in [0.25, 0.3) is 0 Å². The lowest BCUT2D eigenvalue weighted by molar-refractivity contribution is -0.125. The maximum Gasteiger partial charge on any atom is 0.225 e. The number of nitrogens with zero attached hydrogens (tertiary/aromatic N) is 6. The summed E-state index contributed by atoms with van der Waals surface area (Å²) in [6, 6.07) is 4.15. The van der Waals surface area contributed by atoms with E-state index in [0.29, 0.717) is 13.1 Å². The molecule has 4 heterocycles. The molecule has 0 saturated carbocycles. The maximum absolute atomic E-state index is 12.7. The average Bonchev–Trinajstić information content (AvgIpc) is 3.03. The molecule has 0 spiro atoms. The summed E-state index contributed by atoms with van der Waals surface area (Å²) in [5.74, 6) is 1.94. The van der Waals surface area contributed by atoms with E-state index < -0.39 is 0 Å². The Hall–Kier alpha value is -2.74. The van der Waals surface area contributed by atoms with Crippen molar-refractivity contribution in [3.8, 4) is 0 Å². The van der Waals surface area contributed by atoms with Gasteiger partial charge in [0.15, 0.2) is 0 Å². The van der Waals surface area contributed by atoms with Crippen LogP contribution in [0.1, 0.15) is 24.8 Å². The molecule has 1 atom stereocenters. The number of piperidine rings is 1. The minimum atomic E-state index is -0.0259. The van der Waals surface area contributed by atoms with Crippen LogP contribution in [-0.2, 0) is 11.3 Å². The molecule has 2 fully saturated rings. The lowest BCUT2D eigenvalue weighted by Gasteiger charge is -2.32. The Morgan fingerprint density at radius 2 is 1.90 bits per heavy atom. The second-order valence-corrected chi connectivity index (χ2v) is 8.24. The third-order valence-corrected chi connectivity index (χ3v) is 5.99. The van der Waals surface area contributed by atoms with Crippen LogP contribution in [0.3, 0.4) is 0 Å². The molecule has 1 unspecified atom stereocenters. The van der Waals surface area contributed by atoms with Crippen LogP contribution < -0.4 is 15.1 Å². The number of nitrogens with one attached hydrogen (secondary N) is 1. The van der Waals surface area contributed by atoms with Gasteiger partial charge in [-0.05, 0) is 44.5 Å². The maximum atomic E-state index is 12.7. The van der Waals surface area contributed by atoms with Gasteiger partial charge in [0.25, 0.3) is 0 Å². The van der Waals surface area contributed by atoms with E-state index in [-0.39, 0.29) is 11.8 Å². The van der Waals surface area contributed by atoms with E-state index in [1.165, 1.54) is 0 Å². The van der Waals surface area contributed by atoms with Gasteiger partial charge in [0.2, 0.25) is 5.91 Å². The number of hydrogen-bond acceptors (Lipinski definition) is 7. The highest BCUT2D eigenvalue weighted by atomic mass is 16.1. The lowest BCUT2D eigenvalue weighted by Crippen LogP contribution is -2.43. The number of rotatable bonds is 5. The Morgan fingerprint density at radius 1 is 1.00 bits per heavy atom. The van der Waals surface area contributed by atoms with E-state index in [4.69, 9.17) is 0 Å². The highest BCUT2D eigenvalue weighted by Gasteiger charge is 2.26. The number of likely N-dealkylation sites (N-methyl/N-ethyl adjacent to an activating group) is 1. The quantitative estimate of drug-likeness (QED) is 0.803. The predicted octanol–water partition coefficient (Wildman–Crippen LogP) is 1.55. The Kier molecular flexibility index (Phi) is 6.74. The molecule has 0 radical (unpaired) electrons. The Bertz CT molecular complexity index is 814. The van der Waals surface area contributed by atoms with Crippen LogP contribution in [0, 0.1) is 5.92 Å². The Morgan fingerprint density at radius 3 is 2.70 bits per heavy atom. The molecule has 0 bridgehead atoms. The zero-order valence-electron chi connectivity index (χ0n) is 17.7. The van der Waals surface area contributed by atoms with Crippen LogP contribution in [0.2, 0.25) is 0 Å². The molecule has 2 aliphatic heterocycles. The van der Waals surface area contributed by atoms with Crippen molar-refractivity contribution < 1.29 is 4.79 Å². The third kappa shape index (κ3) is 5.24. The number of amides is 1. The Labute approximate surface area is 178 Å². The largest absolute Gasteiger partial charge is 0.355 e. The summed E-state index contributed by atoms with van der Waals surface area (Å²) >= 11 is 0. The minimum absolute atomic E-state index is 0.0259. The standard InChI is InChI=1S/C22H31N7O/c1-27-9-3-11-28(13-12-27)20-6-5-18(14-25-20)15-26-22(30)19-4-2-10-29(17-19)21-16-23-7-8-24-21/h5-8,14,16,19H,2-4,9-13,15,17H2,1H3,(H,26,30). The molecule has 2 aromatic heterocycles. The topological polar surface area (TPSA) is 77.5 Å². The number of hydrogen-bond donors (Lipinski definition) is 1. The lowest BCUT2D eigenvalue weighted by atomic mass is 9.97. The average molecular weight is 410 g/mol. The fraction of sp³-hybridized carbons (Fsp3) is 0.545. The molecule has 1 amide bonds. The molecule has 4 rings (SSSR count). The van der Waals surface area contributed by atoms with Gasteiger partial charge in [-0.25, -0.2) is 9.97 Å². The molecule has 0 aromatic carbocycles. The summed E-state index contributed by atoms with van der Waals surface area (Å²) < 4.78 is 0. The second-order valence-electron chi connectivity index (χ2n) is 8.24. The fourth-order valence-electron chi connectivity index (χ4n) is 4.17. The van der Waals surface area contributed by atoms with E-state index >= 15 is 0 Å². The minimum Gasteiger partial charge on any atom is -0.355 e. The molecule has 160 valence electrons. The van der Waals surface area contributed by atoms with Crippen molar-refractivity contribution in [1.29, 1.82) is 0 Å². The first-order valence-corrected chi connectivity index (χ1v) is 10.9. The second kappa shape index (κ2) is 9.84. The van der Waals surface area contributed by atoms with Crippen molar-refractivity contribution in [3.63, 3.8) is 0 Å². The Balaban J connectivity index is 1.28. The van der Waals surface area contributed by atoms with Gasteiger partial charge < -0.3 is 20.0 Å². The summed E-state index contributed by atoms with van der Waals surface area (Å²) in [6.45, 7) is 6.35. The summed E-state index contributed by atoms with van der Waals surface area (Å²) in [6.07, 6.45) is 10.1. The number of carbonyl (C=O) groups excluding carboxylic acids is 1. The van der Waals surface area contributed by atoms with Gasteiger partial charge >= 0.3 is 0 Å². The number of pyridine rings is 1. The van der Waals surface area contributed by atoms with Gasteiger partial charge in [0.1, 0.15) is 11.6 Å². The van der Waals surface area contributed by atoms with Crippen molar-refractivity contribution >= 4 is 17.5 Å². The third-order valence-electron chi connectivity index (χ3n) is 5.99. The zero-order valence-corrected chi connectivity index (χ0v) is 17.7. The first-order chi connectivity index (χ1) is 14.7. The normalized spacial score (nSPS) is 20.6. The van der Waals surface area contributed by atoms with Gasteiger partial charge in [-0.2, -0.15) is 0 Å². The van der Waals surface area contributed by atoms with Crippen molar-refractivity contribution in [2.75, 3.05) is 56.1 Å². The van der Waals surface area contributed by atoms with E-state index in [9.17, 15) is 4.79 Å². The first kappa shape index (κ1) is 20.5. The van der Waals surface area contributed by atoms with Gasteiger partial charge in [-0.3, -0.25) is 9.78 Å². The summed E-state index contributed by atoms with van der Waals surface area (Å²) in [5.41, 5.74) is 1.03. The van der Waals surface area contributed by atoms with E-state index in [1.807, 2.05) is 6.20 Å². The summed E-state index contributed by atoms with van der Waals surface area (Å²) in [5, 5.41) is 3.09. The van der Waals surface area contributed by atoms with Crippen molar-refractivity contribution in [2.45, 2.75) is 25.8 Å². The van der Waals surface area contributed by atoms with Crippen LogP contribution in [-0.4, -0.2) is 72.1 Å². The monoisotopic (exact) mass is 409 g/mol. The molecular formula is C22H31N7O. The zero-order chi connectivity index (χ0) is 20.8. The number of anilines is 2. The van der Waals surface area contributed by atoms with Crippen LogP contribution in [0.15, 0.2) is 36.9 Å². The van der Waals surface area contributed by atoms with Crippen LogP contribution in [0.5, 0.6) is 0 Å². The molecule has 30 heavy (non-hydrogen) atoms. The van der Waals surface area contributed by atoms with Crippen molar-refractivity contribution in [2.24, 2.45) is 5.92 Å². The predicted molar refractivity (Wildman–Crippen MR) is 117 cm³/mol. The molecular weight excluding hydrogens is 378 g/mol. The van der Waals surface area contributed by atoms with E-state index in [0.717, 1.165) is 69.2 Å². The first-order valence-electron chi connectivity index (χ1n) is 10.9. The highest BCUT2D eigenvalue weighted by Crippen LogP contribution is 2.21. The molecule has 8 nitrogen and oxygen atoms in total. The number of carbonyl (C=O) groups is 1. The molecule has 8 heteroatoms. The smallest absolute Gasteiger partial charge is 0.225 e. The summed E-state index contributed by atoms with van der Waals surface area (Å²) in [7, 11) is 2.17. The molecule has 1 N–H and O–H groups in total. The van der Waals surface area contributed by atoms with Gasteiger partial charge in [0.05, 0.1) is 12.1 Å². The van der Waals surface area contributed by atoms with Crippen molar-refractivity contribution in [3.05, 3.63) is 42.5 Å². The molecule has 2 aromatic rings. The van der Waals surface area contributed by atoms with E-state index in [2.05, 4.69) is 54.1 Å². The van der Waals surface area contributed by atoms with Crippen LogP contribution in [0.4, 0.5) is 11.6 Å². The van der Waals surface area contributed by atoms with Gasteiger partial charge in [-0.1, -0.05) is 6.07 Å². The summed E-state index contributed by atoms with van der Waals surface area (Å²) in [4.78, 5) is 32.7. The van der Waals surface area contributed by atoms with E-state index in [1.54, 1.807) is 18.6 Å². The fourth-order valence-corrected chi connectivity index (χ4v) is 4.17. The SMILES string of the molecule is CN1CCCN(c2ccc(CNC(=O)C3CCCN(c4cnccn4)C3)cn2)CC1. The molecule has 2 saturated heterocycles. The van der Waals surface area contributed by atoms with Gasteiger partial charge in [0, 0.05) is 57.9 Å². The van der Waals surface area contributed by atoms with Crippen LogP contribution >= 0.6 is 0 Å². The molecule has 2 aliphatic rings.